The van der Waals surface area contributed by atoms with Crippen LogP contribution in [-0.4, -0.2) is 30.4 Å². The zero-order valence-corrected chi connectivity index (χ0v) is 16.7. The number of hydrogen-bond donors (Lipinski definition) is 3. The maximum Gasteiger partial charge on any atom is 0.240 e. The summed E-state index contributed by atoms with van der Waals surface area (Å²) in [6, 6.07) is 15.8. The van der Waals surface area contributed by atoms with E-state index in [-0.39, 0.29) is 4.90 Å². The summed E-state index contributed by atoms with van der Waals surface area (Å²) in [6.45, 7) is 0. The van der Waals surface area contributed by atoms with Gasteiger partial charge in [0.15, 0.2) is 12.2 Å². The van der Waals surface area contributed by atoms with Gasteiger partial charge in [-0.25, -0.2) is 28.1 Å². The van der Waals surface area contributed by atoms with Crippen LogP contribution in [-0.2, 0) is 10.0 Å². The SMILES string of the molecule is CNS(=O)(=O)c1cccc(Nc2cc(Nc3ccc(-c4cnco4)cc3)ncn2)c1. The summed E-state index contributed by atoms with van der Waals surface area (Å²) in [5.74, 6) is 1.79. The van der Waals surface area contributed by atoms with Crippen molar-refractivity contribution in [3.63, 3.8) is 0 Å². The summed E-state index contributed by atoms with van der Waals surface area (Å²) >= 11 is 0. The van der Waals surface area contributed by atoms with E-state index in [9.17, 15) is 8.42 Å². The number of nitrogens with one attached hydrogen (secondary N) is 3. The molecule has 2 aromatic carbocycles. The van der Waals surface area contributed by atoms with Gasteiger partial charge in [-0.15, -0.1) is 0 Å². The lowest BCUT2D eigenvalue weighted by Crippen LogP contribution is -2.18. The molecule has 2 heterocycles. The van der Waals surface area contributed by atoms with E-state index in [2.05, 4.69) is 30.3 Å². The fourth-order valence-corrected chi connectivity index (χ4v) is 3.50. The van der Waals surface area contributed by atoms with Gasteiger partial charge in [0.1, 0.15) is 18.0 Å². The second kappa shape index (κ2) is 8.31. The van der Waals surface area contributed by atoms with E-state index in [4.69, 9.17) is 4.42 Å². The Bertz CT molecular complexity index is 1240. The summed E-state index contributed by atoms with van der Waals surface area (Å²) in [4.78, 5) is 12.5. The Hall–Kier alpha value is -3.76. The van der Waals surface area contributed by atoms with Crippen LogP contribution in [0.3, 0.4) is 0 Å². The molecule has 0 bridgehead atoms. The highest BCUT2D eigenvalue weighted by molar-refractivity contribution is 7.89. The first-order valence-electron chi connectivity index (χ1n) is 8.92. The molecule has 0 amide bonds. The number of oxazole rings is 1. The Morgan fingerprint density at radius 2 is 1.63 bits per heavy atom. The van der Waals surface area contributed by atoms with Crippen molar-refractivity contribution in [1.29, 1.82) is 0 Å². The van der Waals surface area contributed by atoms with Gasteiger partial charge in [-0.1, -0.05) is 6.07 Å². The molecule has 0 saturated carbocycles. The Labute approximate surface area is 173 Å². The lowest BCUT2D eigenvalue weighted by Gasteiger charge is -2.10. The molecule has 0 aliphatic carbocycles. The highest BCUT2D eigenvalue weighted by Gasteiger charge is 2.11. The quantitative estimate of drug-likeness (QED) is 0.413. The van der Waals surface area contributed by atoms with Gasteiger partial charge >= 0.3 is 0 Å². The Kier molecular flexibility index (Phi) is 5.42. The van der Waals surface area contributed by atoms with Crippen LogP contribution in [0, 0.1) is 0 Å². The van der Waals surface area contributed by atoms with Crippen molar-refractivity contribution in [2.75, 3.05) is 17.7 Å². The Morgan fingerprint density at radius 3 is 2.30 bits per heavy atom. The molecule has 0 fully saturated rings. The first-order chi connectivity index (χ1) is 14.5. The van der Waals surface area contributed by atoms with E-state index in [1.165, 1.54) is 31.9 Å². The molecule has 0 unspecified atom stereocenters. The summed E-state index contributed by atoms with van der Waals surface area (Å²) in [6.07, 6.45) is 4.46. The molecule has 3 N–H and O–H groups in total. The lowest BCUT2D eigenvalue weighted by atomic mass is 10.2. The first-order valence-corrected chi connectivity index (χ1v) is 10.4. The molecular weight excluding hydrogens is 404 g/mol. The predicted octanol–water partition coefficient (Wildman–Crippen LogP) is 3.53. The fourth-order valence-electron chi connectivity index (χ4n) is 2.72. The van der Waals surface area contributed by atoms with E-state index in [1.54, 1.807) is 24.4 Å². The van der Waals surface area contributed by atoms with E-state index in [1.807, 2.05) is 24.3 Å². The first kappa shape index (κ1) is 19.6. The normalized spacial score (nSPS) is 11.2. The highest BCUT2D eigenvalue weighted by atomic mass is 32.2. The molecule has 0 radical (unpaired) electrons. The number of nitrogens with zero attached hydrogens (tertiary/aromatic N) is 3. The van der Waals surface area contributed by atoms with Crippen LogP contribution in [0.25, 0.3) is 11.3 Å². The molecule has 152 valence electrons. The van der Waals surface area contributed by atoms with Gasteiger partial charge in [0.25, 0.3) is 0 Å². The van der Waals surface area contributed by atoms with Gasteiger partial charge in [0.2, 0.25) is 10.0 Å². The van der Waals surface area contributed by atoms with Gasteiger partial charge in [-0.2, -0.15) is 0 Å². The molecule has 0 atom stereocenters. The van der Waals surface area contributed by atoms with E-state index in [0.29, 0.717) is 23.1 Å². The average Bonchev–Trinajstić information content (AvgIpc) is 3.30. The molecule has 0 spiro atoms. The Balaban J connectivity index is 1.49. The van der Waals surface area contributed by atoms with E-state index >= 15 is 0 Å². The highest BCUT2D eigenvalue weighted by Crippen LogP contribution is 2.24. The zero-order valence-electron chi connectivity index (χ0n) is 15.9. The van der Waals surface area contributed by atoms with Gasteiger partial charge < -0.3 is 15.1 Å². The van der Waals surface area contributed by atoms with Gasteiger partial charge in [-0.3, -0.25) is 0 Å². The largest absolute Gasteiger partial charge is 0.444 e. The van der Waals surface area contributed by atoms with Gasteiger partial charge in [0, 0.05) is 23.0 Å². The monoisotopic (exact) mass is 422 g/mol. The van der Waals surface area contributed by atoms with Crippen LogP contribution in [0.2, 0.25) is 0 Å². The summed E-state index contributed by atoms with van der Waals surface area (Å²) in [5, 5.41) is 6.30. The number of hydrogen-bond acceptors (Lipinski definition) is 8. The summed E-state index contributed by atoms with van der Waals surface area (Å²) < 4.78 is 31.5. The summed E-state index contributed by atoms with van der Waals surface area (Å²) in [7, 11) is -2.16. The molecule has 4 aromatic rings. The molecule has 0 aliphatic heterocycles. The maximum absolute atomic E-state index is 12.0. The molecule has 0 aliphatic rings. The molecule has 10 heteroatoms. The van der Waals surface area contributed by atoms with E-state index < -0.39 is 10.0 Å². The second-order valence-corrected chi connectivity index (χ2v) is 8.10. The van der Waals surface area contributed by atoms with Crippen LogP contribution < -0.4 is 15.4 Å². The number of rotatable bonds is 7. The second-order valence-electron chi connectivity index (χ2n) is 6.22. The summed E-state index contributed by atoms with van der Waals surface area (Å²) in [5.41, 5.74) is 2.34. The smallest absolute Gasteiger partial charge is 0.240 e. The number of anilines is 4. The van der Waals surface area contributed by atoms with Crippen LogP contribution in [0.4, 0.5) is 23.0 Å². The minimum atomic E-state index is -3.53. The molecule has 4 rings (SSSR count). The van der Waals surface area contributed by atoms with Crippen molar-refractivity contribution in [2.45, 2.75) is 4.90 Å². The third-order valence-corrected chi connectivity index (χ3v) is 5.64. The van der Waals surface area contributed by atoms with Crippen LogP contribution in [0.15, 0.2) is 82.8 Å². The molecule has 0 saturated heterocycles. The minimum absolute atomic E-state index is 0.161. The van der Waals surface area contributed by atoms with Gasteiger partial charge in [0.05, 0.1) is 11.1 Å². The maximum atomic E-state index is 12.0. The van der Waals surface area contributed by atoms with Gasteiger partial charge in [-0.05, 0) is 49.5 Å². The number of sulfonamides is 1. The van der Waals surface area contributed by atoms with Crippen molar-refractivity contribution in [2.24, 2.45) is 0 Å². The van der Waals surface area contributed by atoms with Crippen molar-refractivity contribution in [3.8, 4) is 11.3 Å². The lowest BCUT2D eigenvalue weighted by molar-refractivity contribution is 0.572. The van der Waals surface area contributed by atoms with Crippen molar-refractivity contribution in [3.05, 3.63) is 73.5 Å². The topological polar surface area (TPSA) is 122 Å². The molecular formula is C20H18N6O3S. The third-order valence-electron chi connectivity index (χ3n) is 4.23. The fraction of sp³-hybridized carbons (Fsp3) is 0.0500. The molecule has 9 nitrogen and oxygen atoms in total. The standard InChI is InChI=1S/C20H18N6O3S/c1-21-30(27,28)17-4-2-3-16(9-17)26-20-10-19(23-12-24-20)25-15-7-5-14(6-8-15)18-11-22-13-29-18/h2-13,21H,1H3,(H2,23,24,25,26). The minimum Gasteiger partial charge on any atom is -0.444 e. The molecule has 30 heavy (non-hydrogen) atoms. The Morgan fingerprint density at radius 1 is 0.900 bits per heavy atom. The van der Waals surface area contributed by atoms with Crippen LogP contribution in [0.1, 0.15) is 0 Å². The number of aromatic nitrogens is 3. The van der Waals surface area contributed by atoms with Crippen LogP contribution >= 0.6 is 0 Å². The van der Waals surface area contributed by atoms with Crippen LogP contribution in [0.5, 0.6) is 0 Å². The van der Waals surface area contributed by atoms with Crippen molar-refractivity contribution < 1.29 is 12.8 Å². The third kappa shape index (κ3) is 4.45. The zero-order chi connectivity index (χ0) is 21.0. The van der Waals surface area contributed by atoms with E-state index in [0.717, 1.165) is 11.3 Å². The van der Waals surface area contributed by atoms with Crippen molar-refractivity contribution in [1.82, 2.24) is 19.7 Å². The molecule has 2 aromatic heterocycles. The van der Waals surface area contributed by atoms with Crippen molar-refractivity contribution >= 4 is 33.0 Å². The predicted molar refractivity (Wildman–Crippen MR) is 113 cm³/mol. The average molecular weight is 422 g/mol. The number of benzene rings is 2.